The molecular formula is C20H18ClNO2. The second-order valence-electron chi connectivity index (χ2n) is 6.03. The zero-order valence-electron chi connectivity index (χ0n) is 13.4. The van der Waals surface area contributed by atoms with Gasteiger partial charge in [-0.25, -0.2) is 0 Å². The first-order valence-electron chi connectivity index (χ1n) is 7.84. The first-order valence-corrected chi connectivity index (χ1v) is 8.22. The minimum atomic E-state index is -0.0884. The van der Waals surface area contributed by atoms with Gasteiger partial charge in [0.2, 0.25) is 0 Å². The Bertz CT molecular complexity index is 805. The predicted molar refractivity (Wildman–Crippen MR) is 97.4 cm³/mol. The number of aliphatic hydroxyl groups excluding tert-OH is 1. The van der Waals surface area contributed by atoms with Gasteiger partial charge in [-0.05, 0) is 42.7 Å². The van der Waals surface area contributed by atoms with Crippen molar-refractivity contribution in [3.63, 3.8) is 0 Å². The molecule has 3 nitrogen and oxygen atoms in total. The van der Waals surface area contributed by atoms with Crippen molar-refractivity contribution in [2.75, 3.05) is 0 Å². The van der Waals surface area contributed by atoms with Gasteiger partial charge in [-0.15, -0.1) is 0 Å². The van der Waals surface area contributed by atoms with Crippen molar-refractivity contribution in [1.82, 2.24) is 0 Å². The van der Waals surface area contributed by atoms with Gasteiger partial charge in [0.15, 0.2) is 5.78 Å². The van der Waals surface area contributed by atoms with Gasteiger partial charge in [-0.3, -0.25) is 9.79 Å². The van der Waals surface area contributed by atoms with Gasteiger partial charge in [0.05, 0.1) is 11.3 Å². The molecule has 0 heterocycles. The molecule has 4 heteroatoms. The fourth-order valence-electron chi connectivity index (χ4n) is 2.80. The maximum atomic E-state index is 12.4. The van der Waals surface area contributed by atoms with Crippen LogP contribution >= 0.6 is 11.6 Å². The van der Waals surface area contributed by atoms with Gasteiger partial charge in [-0.2, -0.15) is 0 Å². The smallest absolute Gasteiger partial charge is 0.168 e. The highest BCUT2D eigenvalue weighted by Gasteiger charge is 2.27. The van der Waals surface area contributed by atoms with Crippen LogP contribution in [0.2, 0.25) is 5.02 Å². The van der Waals surface area contributed by atoms with E-state index in [4.69, 9.17) is 11.6 Å². The molecule has 2 aromatic rings. The van der Waals surface area contributed by atoms with Crippen LogP contribution in [0, 0.1) is 6.92 Å². The van der Waals surface area contributed by atoms with Crippen LogP contribution in [0.5, 0.6) is 0 Å². The average Bonchev–Trinajstić information content (AvgIpc) is 2.56. The lowest BCUT2D eigenvalue weighted by molar-refractivity contribution is -0.116. The van der Waals surface area contributed by atoms with Crippen molar-refractivity contribution >= 4 is 29.3 Å². The number of halogens is 1. The molecule has 0 aliphatic heterocycles. The molecule has 0 saturated heterocycles. The van der Waals surface area contributed by atoms with Gasteiger partial charge in [0.1, 0.15) is 5.76 Å². The average molecular weight is 340 g/mol. The fraction of sp³-hybridized carbons (Fsp3) is 0.200. The van der Waals surface area contributed by atoms with Crippen LogP contribution in [0.15, 0.2) is 64.9 Å². The molecule has 0 spiro atoms. The van der Waals surface area contributed by atoms with E-state index in [9.17, 15) is 9.90 Å². The van der Waals surface area contributed by atoms with E-state index in [2.05, 4.69) is 4.99 Å². The lowest BCUT2D eigenvalue weighted by Crippen LogP contribution is -2.19. The maximum absolute atomic E-state index is 12.4. The van der Waals surface area contributed by atoms with Crippen LogP contribution in [0.3, 0.4) is 0 Å². The lowest BCUT2D eigenvalue weighted by atomic mass is 9.83. The molecule has 0 saturated carbocycles. The summed E-state index contributed by atoms with van der Waals surface area (Å²) in [5, 5.41) is 10.9. The number of aryl methyl sites for hydroxylation is 1. The number of rotatable bonds is 3. The second-order valence-corrected chi connectivity index (χ2v) is 6.47. The number of aliphatic hydroxyl groups is 1. The van der Waals surface area contributed by atoms with E-state index in [1.807, 2.05) is 43.3 Å². The van der Waals surface area contributed by atoms with E-state index in [-0.39, 0.29) is 17.5 Å². The Kier molecular flexibility index (Phi) is 4.81. The largest absolute Gasteiger partial charge is 0.511 e. The lowest BCUT2D eigenvalue weighted by Gasteiger charge is -2.22. The Balaban J connectivity index is 1.79. The highest BCUT2D eigenvalue weighted by Crippen LogP contribution is 2.33. The van der Waals surface area contributed by atoms with Crippen molar-refractivity contribution in [3.8, 4) is 0 Å². The molecule has 2 aromatic carbocycles. The summed E-state index contributed by atoms with van der Waals surface area (Å²) in [6.07, 6.45) is 2.27. The SMILES string of the molecule is Cc1ccc(N=CC2=C(O)CC(c3ccc(Cl)cc3)CC2=O)cc1. The summed E-state index contributed by atoms with van der Waals surface area (Å²) in [6.45, 7) is 2.00. The number of allylic oxidation sites excluding steroid dienone is 2. The molecule has 24 heavy (non-hydrogen) atoms. The van der Waals surface area contributed by atoms with Crippen molar-refractivity contribution in [2.24, 2.45) is 4.99 Å². The van der Waals surface area contributed by atoms with Crippen LogP contribution in [0.4, 0.5) is 5.69 Å². The summed E-state index contributed by atoms with van der Waals surface area (Å²) in [6, 6.07) is 15.1. The van der Waals surface area contributed by atoms with Crippen LogP contribution in [-0.4, -0.2) is 17.1 Å². The molecule has 0 amide bonds. The standard InChI is InChI=1S/C20H18ClNO2/c1-13-2-8-17(9-3-13)22-12-18-19(23)10-15(11-20(18)24)14-4-6-16(21)7-5-14/h2-9,12,15,23H,10-11H2,1H3. The third-order valence-electron chi connectivity index (χ3n) is 4.20. The van der Waals surface area contributed by atoms with Gasteiger partial charge in [0, 0.05) is 24.1 Å². The topological polar surface area (TPSA) is 49.7 Å². The highest BCUT2D eigenvalue weighted by atomic mass is 35.5. The summed E-state index contributed by atoms with van der Waals surface area (Å²) in [5.41, 5.74) is 3.22. The molecule has 1 atom stereocenters. The molecule has 122 valence electrons. The summed E-state index contributed by atoms with van der Waals surface area (Å²) in [5.74, 6) is -0.0112. The number of ketones is 1. The summed E-state index contributed by atoms with van der Waals surface area (Å²) in [4.78, 5) is 16.7. The Morgan fingerprint density at radius 3 is 2.38 bits per heavy atom. The molecule has 0 bridgehead atoms. The number of carbonyl (C=O) groups is 1. The number of Topliss-reactive ketones (excluding diaryl/α,β-unsaturated/α-hetero) is 1. The maximum Gasteiger partial charge on any atom is 0.168 e. The van der Waals surface area contributed by atoms with E-state index in [1.165, 1.54) is 6.21 Å². The Hall–Kier alpha value is -2.39. The normalized spacial score (nSPS) is 18.4. The Labute approximate surface area is 146 Å². The minimum absolute atomic E-state index is 0.0220. The summed E-state index contributed by atoms with van der Waals surface area (Å²) in [7, 11) is 0. The number of carbonyl (C=O) groups excluding carboxylic acids is 1. The van der Waals surface area contributed by atoms with Crippen molar-refractivity contribution in [2.45, 2.75) is 25.7 Å². The second kappa shape index (κ2) is 7.02. The van der Waals surface area contributed by atoms with Gasteiger partial charge < -0.3 is 5.11 Å². The molecule has 0 aromatic heterocycles. The van der Waals surface area contributed by atoms with Crippen molar-refractivity contribution in [1.29, 1.82) is 0 Å². The van der Waals surface area contributed by atoms with E-state index in [1.54, 1.807) is 12.1 Å². The van der Waals surface area contributed by atoms with Gasteiger partial charge in [-0.1, -0.05) is 41.4 Å². The third kappa shape index (κ3) is 3.74. The van der Waals surface area contributed by atoms with Crippen LogP contribution in [0.25, 0.3) is 0 Å². The minimum Gasteiger partial charge on any atom is -0.511 e. The predicted octanol–water partition coefficient (Wildman–Crippen LogP) is 5.31. The third-order valence-corrected chi connectivity index (χ3v) is 4.45. The number of aliphatic imine (C=N–C) groups is 1. The van der Waals surface area contributed by atoms with Gasteiger partial charge in [0.25, 0.3) is 0 Å². The zero-order chi connectivity index (χ0) is 17.1. The molecular weight excluding hydrogens is 322 g/mol. The molecule has 1 aliphatic carbocycles. The molecule has 1 N–H and O–H groups in total. The first-order chi connectivity index (χ1) is 11.5. The number of hydrogen-bond donors (Lipinski definition) is 1. The molecule has 0 fully saturated rings. The van der Waals surface area contributed by atoms with Crippen molar-refractivity contribution in [3.05, 3.63) is 76.0 Å². The molecule has 0 radical (unpaired) electrons. The van der Waals surface area contributed by atoms with Crippen molar-refractivity contribution < 1.29 is 9.90 Å². The molecule has 1 unspecified atom stereocenters. The number of nitrogens with zero attached hydrogens (tertiary/aromatic N) is 1. The molecule has 3 rings (SSSR count). The van der Waals surface area contributed by atoms with E-state index in [0.29, 0.717) is 23.4 Å². The molecule has 1 aliphatic rings. The van der Waals surface area contributed by atoms with Crippen LogP contribution < -0.4 is 0 Å². The number of benzene rings is 2. The first kappa shape index (κ1) is 16.5. The van der Waals surface area contributed by atoms with E-state index >= 15 is 0 Å². The Morgan fingerprint density at radius 1 is 1.08 bits per heavy atom. The van der Waals surface area contributed by atoms with Crippen LogP contribution in [0.1, 0.15) is 29.9 Å². The summed E-state index contributed by atoms with van der Waals surface area (Å²) < 4.78 is 0. The van der Waals surface area contributed by atoms with E-state index in [0.717, 1.165) is 16.8 Å². The fourth-order valence-corrected chi connectivity index (χ4v) is 2.92. The van der Waals surface area contributed by atoms with Gasteiger partial charge >= 0.3 is 0 Å². The van der Waals surface area contributed by atoms with E-state index < -0.39 is 0 Å². The quantitative estimate of drug-likeness (QED) is 0.770. The van der Waals surface area contributed by atoms with Crippen LogP contribution in [-0.2, 0) is 4.79 Å². The number of hydrogen-bond acceptors (Lipinski definition) is 3. The highest BCUT2D eigenvalue weighted by molar-refractivity contribution is 6.30. The summed E-state index contributed by atoms with van der Waals surface area (Å²) >= 11 is 5.90. The zero-order valence-corrected chi connectivity index (χ0v) is 14.1. The Morgan fingerprint density at radius 2 is 1.75 bits per heavy atom. The monoisotopic (exact) mass is 339 g/mol.